The number of phenols is 1. The Morgan fingerprint density at radius 2 is 1.04 bits per heavy atom. The SMILES string of the molecule is [2H]C(C)(C)c1ccc(-c2ccnc(-c3cc(-c4cccc5c4nc(-c4cc(C(C)(C)C)cc(C(C)(C)C)c4O)n5-c4ccc(C(C)(C)C)cc4-c4ccc(C(C)(C)C)cc4)cc(C(C)(C)C)c3)c2)cc1. The lowest BCUT2D eigenvalue weighted by atomic mass is 9.79. The van der Waals surface area contributed by atoms with Crippen LogP contribution in [-0.4, -0.2) is 19.6 Å². The number of imidazole rings is 1. The van der Waals surface area contributed by atoms with Gasteiger partial charge in [-0.3, -0.25) is 9.55 Å². The zero-order valence-electron chi connectivity index (χ0n) is 45.5. The summed E-state index contributed by atoms with van der Waals surface area (Å²) in [4.78, 5) is 10.7. The van der Waals surface area contributed by atoms with Gasteiger partial charge in [-0.25, -0.2) is 4.98 Å². The van der Waals surface area contributed by atoms with Gasteiger partial charge in [0, 0.05) is 29.8 Å². The van der Waals surface area contributed by atoms with Crippen molar-refractivity contribution in [2.24, 2.45) is 0 Å². The maximum Gasteiger partial charge on any atom is 0.149 e. The molecule has 1 N–H and O–H groups in total. The van der Waals surface area contributed by atoms with E-state index in [9.17, 15) is 5.11 Å². The van der Waals surface area contributed by atoms with Crippen LogP contribution in [0.3, 0.4) is 0 Å². The Hall–Kier alpha value is -6.26. The molecule has 0 atom stereocenters. The fourth-order valence-corrected chi connectivity index (χ4v) is 9.27. The van der Waals surface area contributed by atoms with Gasteiger partial charge >= 0.3 is 0 Å². The van der Waals surface area contributed by atoms with Crippen LogP contribution in [0.25, 0.3) is 72.7 Å². The van der Waals surface area contributed by atoms with Crippen molar-refractivity contribution in [2.75, 3.05) is 0 Å². The molecule has 2 aromatic heterocycles. The lowest BCUT2D eigenvalue weighted by Gasteiger charge is -2.28. The number of fused-ring (bicyclic) bond motifs is 1. The molecular formula is C65H75N3O. The first-order chi connectivity index (χ1) is 32.4. The third-order valence-electron chi connectivity index (χ3n) is 13.8. The zero-order valence-corrected chi connectivity index (χ0v) is 44.5. The number of pyridine rings is 1. The Morgan fingerprint density at radius 1 is 0.478 bits per heavy atom. The smallest absolute Gasteiger partial charge is 0.149 e. The molecule has 0 radical (unpaired) electrons. The number of benzene rings is 6. The highest BCUT2D eigenvalue weighted by Gasteiger charge is 2.30. The predicted molar refractivity (Wildman–Crippen MR) is 295 cm³/mol. The Kier molecular flexibility index (Phi) is 12.2. The summed E-state index contributed by atoms with van der Waals surface area (Å²) in [6.07, 6.45) is 1.90. The van der Waals surface area contributed by atoms with Gasteiger partial charge in [-0.15, -0.1) is 0 Å². The van der Waals surface area contributed by atoms with Crippen LogP contribution in [0.2, 0.25) is 0 Å². The van der Waals surface area contributed by atoms with E-state index in [4.69, 9.17) is 11.3 Å². The summed E-state index contributed by atoms with van der Waals surface area (Å²) in [6.45, 7) is 37.4. The fraction of sp³-hybridized carbons (Fsp3) is 0.354. The normalized spacial score (nSPS) is 13.3. The third-order valence-corrected chi connectivity index (χ3v) is 13.8. The number of phenolic OH excluding ortho intramolecular Hbond substituents is 1. The van der Waals surface area contributed by atoms with Crippen molar-refractivity contribution in [1.29, 1.82) is 0 Å². The molecule has 6 aromatic carbocycles. The Labute approximate surface area is 415 Å². The molecule has 0 amide bonds. The molecule has 2 heterocycles. The minimum atomic E-state index is -0.672. The highest BCUT2D eigenvalue weighted by molar-refractivity contribution is 5.98. The maximum absolute atomic E-state index is 12.7. The summed E-state index contributed by atoms with van der Waals surface area (Å²) >= 11 is 0. The number of aromatic nitrogens is 3. The van der Waals surface area contributed by atoms with Gasteiger partial charge in [0.05, 0.1) is 28.0 Å². The second-order valence-corrected chi connectivity index (χ2v) is 24.7. The summed E-state index contributed by atoms with van der Waals surface area (Å²) in [5.74, 6) is 0.269. The minimum absolute atomic E-state index is 0.00870. The van der Waals surface area contributed by atoms with E-state index in [0.717, 1.165) is 78.0 Å². The van der Waals surface area contributed by atoms with Crippen LogP contribution < -0.4 is 0 Å². The van der Waals surface area contributed by atoms with Gasteiger partial charge in [0.2, 0.25) is 0 Å². The highest BCUT2D eigenvalue weighted by atomic mass is 16.3. The topological polar surface area (TPSA) is 50.9 Å². The van der Waals surface area contributed by atoms with Crippen LogP contribution in [0.15, 0.2) is 134 Å². The Balaban J connectivity index is 1.44. The van der Waals surface area contributed by atoms with Gasteiger partial charge in [-0.2, -0.15) is 0 Å². The van der Waals surface area contributed by atoms with Crippen molar-refractivity contribution in [3.05, 3.63) is 167 Å². The van der Waals surface area contributed by atoms with Gasteiger partial charge in [0.1, 0.15) is 11.6 Å². The average molecular weight is 915 g/mol. The first-order valence-corrected chi connectivity index (χ1v) is 24.8. The van der Waals surface area contributed by atoms with E-state index >= 15 is 0 Å². The summed E-state index contributed by atoms with van der Waals surface area (Å²) < 4.78 is 10.9. The van der Waals surface area contributed by atoms with Crippen molar-refractivity contribution < 1.29 is 6.48 Å². The summed E-state index contributed by atoms with van der Waals surface area (Å²) in [7, 11) is 0. The molecule has 0 aliphatic heterocycles. The average Bonchev–Trinajstić information content (AvgIpc) is 3.66. The third kappa shape index (κ3) is 9.96. The molecule has 0 aliphatic carbocycles. The number of hydrogen-bond acceptors (Lipinski definition) is 3. The molecule has 0 spiro atoms. The van der Waals surface area contributed by atoms with E-state index in [-0.39, 0.29) is 32.8 Å². The van der Waals surface area contributed by atoms with Crippen molar-refractivity contribution in [1.82, 2.24) is 14.5 Å². The van der Waals surface area contributed by atoms with Crippen LogP contribution in [0.5, 0.6) is 5.75 Å². The number of para-hydroxylation sites is 1. The largest absolute Gasteiger partial charge is 0.507 e. The Morgan fingerprint density at radius 3 is 1.64 bits per heavy atom. The van der Waals surface area contributed by atoms with E-state index in [1.807, 2.05) is 20.0 Å². The fourth-order valence-electron chi connectivity index (χ4n) is 9.27. The molecule has 0 saturated heterocycles. The van der Waals surface area contributed by atoms with Crippen molar-refractivity contribution in [3.63, 3.8) is 0 Å². The summed E-state index contributed by atoms with van der Waals surface area (Å²) in [5.41, 5.74) is 17.7. The van der Waals surface area contributed by atoms with Crippen LogP contribution >= 0.6 is 0 Å². The lowest BCUT2D eigenvalue weighted by Crippen LogP contribution is -2.17. The van der Waals surface area contributed by atoms with Gasteiger partial charge in [-0.05, 0) is 132 Å². The number of nitrogens with zero attached hydrogens (tertiary/aromatic N) is 3. The molecule has 69 heavy (non-hydrogen) atoms. The van der Waals surface area contributed by atoms with E-state index in [1.165, 1.54) is 16.7 Å². The molecule has 356 valence electrons. The number of aromatic hydroxyl groups is 1. The van der Waals surface area contributed by atoms with Crippen molar-refractivity contribution >= 4 is 11.0 Å². The van der Waals surface area contributed by atoms with Gasteiger partial charge in [0.25, 0.3) is 0 Å². The molecule has 8 rings (SSSR count). The standard InChI is InChI=1S/C65H75N3O/c1-40(2)41-21-23-42(24-22-41)44-31-32-66-55(36-44)46-33-45(34-49(35-46)63(9,10)11)51-19-18-20-57-58(51)67-60(53-38-50(64(12,13)14)39-54(59(53)69)65(15,16)17)68(57)56-30-29-48(62(6,7)8)37-52(56)43-25-27-47(28-26-43)61(3,4)5/h18-40,69H,1-17H3/i40D. The van der Waals surface area contributed by atoms with Gasteiger partial charge in [-0.1, -0.05) is 197 Å². The molecule has 0 aliphatic rings. The highest BCUT2D eigenvalue weighted by Crippen LogP contribution is 2.46. The quantitative estimate of drug-likeness (QED) is 0.173. The van der Waals surface area contributed by atoms with E-state index < -0.39 is 5.89 Å². The maximum atomic E-state index is 12.7. The molecule has 0 bridgehead atoms. The molecule has 0 unspecified atom stereocenters. The predicted octanol–water partition coefficient (Wildman–Crippen LogP) is 18.1. The molecule has 8 aromatic rings. The second-order valence-electron chi connectivity index (χ2n) is 24.7. The van der Waals surface area contributed by atoms with Gasteiger partial charge < -0.3 is 5.11 Å². The van der Waals surface area contributed by atoms with E-state index in [0.29, 0.717) is 11.4 Å². The zero-order chi connectivity index (χ0) is 51.1. The molecule has 4 heteroatoms. The van der Waals surface area contributed by atoms with Crippen LogP contribution in [-0.2, 0) is 27.1 Å². The number of hydrogen-bond donors (Lipinski definition) is 1. The summed E-state index contributed by atoms with van der Waals surface area (Å²) in [6, 6.07) is 46.3. The summed E-state index contributed by atoms with van der Waals surface area (Å²) in [5, 5.41) is 12.7. The first kappa shape index (κ1) is 47.8. The van der Waals surface area contributed by atoms with Gasteiger partial charge in [0.15, 0.2) is 0 Å². The second kappa shape index (κ2) is 17.6. The lowest BCUT2D eigenvalue weighted by molar-refractivity contribution is 0.446. The van der Waals surface area contributed by atoms with E-state index in [1.54, 1.807) is 0 Å². The molecular weight excluding hydrogens is 839 g/mol. The van der Waals surface area contributed by atoms with Crippen LogP contribution in [0.4, 0.5) is 0 Å². The van der Waals surface area contributed by atoms with Crippen molar-refractivity contribution in [2.45, 2.75) is 151 Å². The Bertz CT molecular complexity index is 3240. The molecule has 0 saturated carbocycles. The van der Waals surface area contributed by atoms with Crippen LogP contribution in [0.1, 0.15) is 158 Å². The number of rotatable bonds is 7. The molecule has 0 fully saturated rings. The van der Waals surface area contributed by atoms with E-state index in [2.05, 4.69) is 236 Å². The monoisotopic (exact) mass is 915 g/mol. The minimum Gasteiger partial charge on any atom is -0.507 e. The molecule has 4 nitrogen and oxygen atoms in total. The van der Waals surface area contributed by atoms with Crippen LogP contribution in [0, 0.1) is 0 Å². The van der Waals surface area contributed by atoms with Crippen molar-refractivity contribution in [3.8, 4) is 67.5 Å². The first-order valence-electron chi connectivity index (χ1n) is 25.3.